The molecule has 1 aliphatic carbocycles. The predicted octanol–water partition coefficient (Wildman–Crippen LogP) is 0.903. The molecule has 2 N–H and O–H groups in total. The van der Waals surface area contributed by atoms with Gasteiger partial charge in [0.15, 0.2) is 0 Å². The number of hydrogen-bond donors (Lipinski definition) is 2. The van der Waals surface area contributed by atoms with Crippen LogP contribution < -0.4 is 10.9 Å². The summed E-state index contributed by atoms with van der Waals surface area (Å²) in [4.78, 5) is 18.9. The van der Waals surface area contributed by atoms with Crippen LogP contribution in [-0.4, -0.2) is 23.1 Å². The monoisotopic (exact) mass is 237 g/mol. The van der Waals surface area contributed by atoms with Gasteiger partial charge in [0.05, 0.1) is 0 Å². The van der Waals surface area contributed by atoms with Crippen LogP contribution in [-0.2, 0) is 16.9 Å². The summed E-state index contributed by atoms with van der Waals surface area (Å²) in [5, 5.41) is 3.29. The van der Waals surface area contributed by atoms with Crippen molar-refractivity contribution in [3.05, 3.63) is 27.9 Å². The first-order valence-corrected chi connectivity index (χ1v) is 5.90. The fourth-order valence-corrected chi connectivity index (χ4v) is 1.49. The average molecular weight is 237 g/mol. The van der Waals surface area contributed by atoms with E-state index in [4.69, 9.17) is 4.74 Å². The summed E-state index contributed by atoms with van der Waals surface area (Å²) in [7, 11) is 1.60. The van der Waals surface area contributed by atoms with Gasteiger partial charge >= 0.3 is 0 Å². The molecule has 2 rings (SSSR count). The van der Waals surface area contributed by atoms with Crippen molar-refractivity contribution in [3.8, 4) is 0 Å². The number of nitrogens with one attached hydrogen (secondary N) is 2. The summed E-state index contributed by atoms with van der Waals surface area (Å²) in [6.07, 6.45) is 4.05. The van der Waals surface area contributed by atoms with Gasteiger partial charge in [-0.05, 0) is 26.7 Å². The molecular formula is C12H19N3O2. The van der Waals surface area contributed by atoms with Crippen LogP contribution in [0.15, 0.2) is 11.0 Å². The van der Waals surface area contributed by atoms with E-state index in [9.17, 15) is 4.79 Å². The minimum Gasteiger partial charge on any atom is -0.371 e. The highest BCUT2D eigenvalue weighted by Gasteiger charge is 2.23. The van der Waals surface area contributed by atoms with E-state index in [1.54, 1.807) is 13.3 Å². The highest BCUT2D eigenvalue weighted by molar-refractivity contribution is 5.09. The molecule has 0 aromatic carbocycles. The number of hydrogen-bond acceptors (Lipinski definition) is 4. The molecule has 1 aromatic rings. The molecule has 5 heteroatoms. The van der Waals surface area contributed by atoms with Crippen LogP contribution in [0.5, 0.6) is 0 Å². The van der Waals surface area contributed by atoms with Crippen LogP contribution in [0, 0.1) is 0 Å². The molecule has 17 heavy (non-hydrogen) atoms. The van der Waals surface area contributed by atoms with Gasteiger partial charge < -0.3 is 15.0 Å². The fraction of sp³-hybridized carbons (Fsp3) is 0.667. The molecule has 1 fully saturated rings. The molecule has 0 radical (unpaired) electrons. The maximum atomic E-state index is 11.8. The first-order chi connectivity index (χ1) is 8.03. The smallest absolute Gasteiger partial charge is 0.255 e. The first kappa shape index (κ1) is 12.3. The van der Waals surface area contributed by atoms with E-state index in [-0.39, 0.29) is 5.56 Å². The van der Waals surface area contributed by atoms with Gasteiger partial charge in [-0.15, -0.1) is 0 Å². The van der Waals surface area contributed by atoms with Gasteiger partial charge in [0.2, 0.25) is 0 Å². The van der Waals surface area contributed by atoms with Gasteiger partial charge in [-0.2, -0.15) is 0 Å². The van der Waals surface area contributed by atoms with Gasteiger partial charge in [-0.25, -0.2) is 4.98 Å². The summed E-state index contributed by atoms with van der Waals surface area (Å²) < 4.78 is 5.28. The summed E-state index contributed by atoms with van der Waals surface area (Å²) in [5.74, 6) is 0.556. The topological polar surface area (TPSA) is 67.0 Å². The van der Waals surface area contributed by atoms with E-state index < -0.39 is 5.60 Å². The van der Waals surface area contributed by atoms with Gasteiger partial charge in [-0.1, -0.05) is 0 Å². The van der Waals surface area contributed by atoms with Crippen LogP contribution in [0.1, 0.15) is 38.1 Å². The lowest BCUT2D eigenvalue weighted by molar-refractivity contribution is 0.0112. The van der Waals surface area contributed by atoms with Crippen molar-refractivity contribution in [2.45, 2.75) is 44.9 Å². The highest BCUT2D eigenvalue weighted by atomic mass is 16.5. The number of nitrogens with zero attached hydrogens (tertiary/aromatic N) is 1. The van der Waals surface area contributed by atoms with E-state index in [0.717, 1.165) is 0 Å². The van der Waals surface area contributed by atoms with Crippen LogP contribution in [0.3, 0.4) is 0 Å². The Bertz CT molecular complexity index is 449. The molecule has 0 saturated heterocycles. The van der Waals surface area contributed by atoms with Crippen LogP contribution in [0.25, 0.3) is 0 Å². The van der Waals surface area contributed by atoms with E-state index in [0.29, 0.717) is 24.0 Å². The lowest BCUT2D eigenvalue weighted by atomic mass is 10.1. The lowest BCUT2D eigenvalue weighted by Crippen LogP contribution is -2.29. The predicted molar refractivity (Wildman–Crippen MR) is 64.8 cm³/mol. The molecule has 1 aromatic heterocycles. The Labute approximate surface area is 101 Å². The van der Waals surface area contributed by atoms with Crippen molar-refractivity contribution >= 4 is 0 Å². The van der Waals surface area contributed by atoms with Gasteiger partial charge in [-0.3, -0.25) is 4.79 Å². The summed E-state index contributed by atoms with van der Waals surface area (Å²) in [6.45, 7) is 4.32. The Morgan fingerprint density at radius 2 is 2.29 bits per heavy atom. The van der Waals surface area contributed by atoms with Gasteiger partial charge in [0.1, 0.15) is 11.4 Å². The average Bonchev–Trinajstić information content (AvgIpc) is 3.11. The van der Waals surface area contributed by atoms with Crippen molar-refractivity contribution < 1.29 is 4.74 Å². The molecule has 1 heterocycles. The zero-order valence-electron chi connectivity index (χ0n) is 10.5. The van der Waals surface area contributed by atoms with E-state index in [1.807, 2.05) is 13.8 Å². The number of H-pyrrole nitrogens is 1. The van der Waals surface area contributed by atoms with Crippen LogP contribution >= 0.6 is 0 Å². The highest BCUT2D eigenvalue weighted by Crippen LogP contribution is 2.19. The van der Waals surface area contributed by atoms with E-state index >= 15 is 0 Å². The number of rotatable bonds is 5. The Kier molecular flexibility index (Phi) is 3.31. The van der Waals surface area contributed by atoms with Crippen molar-refractivity contribution in [1.29, 1.82) is 0 Å². The van der Waals surface area contributed by atoms with Crippen LogP contribution in [0.4, 0.5) is 0 Å². The molecule has 0 spiro atoms. The fourth-order valence-electron chi connectivity index (χ4n) is 1.49. The third kappa shape index (κ3) is 2.92. The maximum absolute atomic E-state index is 11.8. The molecule has 94 valence electrons. The standard InChI is InChI=1S/C12H19N3O2/c1-12(2,17-3)11-14-7-8(10(16)15-11)6-13-9-4-5-9/h7,9,13H,4-6H2,1-3H3,(H,14,15,16). The van der Waals surface area contributed by atoms with E-state index in [1.165, 1.54) is 12.8 Å². The van der Waals surface area contributed by atoms with Crippen molar-refractivity contribution in [1.82, 2.24) is 15.3 Å². The van der Waals surface area contributed by atoms with Crippen molar-refractivity contribution in [3.63, 3.8) is 0 Å². The second-order valence-corrected chi connectivity index (χ2v) is 4.96. The van der Waals surface area contributed by atoms with Gasteiger partial charge in [0.25, 0.3) is 5.56 Å². The summed E-state index contributed by atoms with van der Waals surface area (Å²) in [6, 6.07) is 0.587. The minimum atomic E-state index is -0.568. The number of methoxy groups -OCH3 is 1. The first-order valence-electron chi connectivity index (χ1n) is 5.90. The third-order valence-corrected chi connectivity index (χ3v) is 3.11. The summed E-state index contributed by atoms with van der Waals surface area (Å²) in [5.41, 5.74) is 0.0163. The normalized spacial score (nSPS) is 16.2. The molecule has 0 aliphatic heterocycles. The minimum absolute atomic E-state index is 0.0896. The van der Waals surface area contributed by atoms with Crippen LogP contribution in [0.2, 0.25) is 0 Å². The van der Waals surface area contributed by atoms with Crippen molar-refractivity contribution in [2.75, 3.05) is 7.11 Å². The Hall–Kier alpha value is -1.20. The molecule has 0 unspecified atom stereocenters. The third-order valence-electron chi connectivity index (χ3n) is 3.11. The maximum Gasteiger partial charge on any atom is 0.255 e. The molecule has 5 nitrogen and oxygen atoms in total. The zero-order chi connectivity index (χ0) is 12.5. The summed E-state index contributed by atoms with van der Waals surface area (Å²) >= 11 is 0. The molecule has 0 amide bonds. The molecule has 0 bridgehead atoms. The van der Waals surface area contributed by atoms with Gasteiger partial charge in [0, 0.05) is 31.5 Å². The second-order valence-electron chi connectivity index (χ2n) is 4.96. The zero-order valence-corrected chi connectivity index (χ0v) is 10.5. The Balaban J connectivity index is 2.13. The lowest BCUT2D eigenvalue weighted by Gasteiger charge is -2.21. The molecule has 1 aliphatic rings. The van der Waals surface area contributed by atoms with Crippen molar-refractivity contribution in [2.24, 2.45) is 0 Å². The molecule has 1 saturated carbocycles. The number of ether oxygens (including phenoxy) is 1. The quantitative estimate of drug-likeness (QED) is 0.798. The second kappa shape index (κ2) is 4.58. The van der Waals surface area contributed by atoms with E-state index in [2.05, 4.69) is 15.3 Å². The number of aromatic amines is 1. The number of aromatic nitrogens is 2. The Morgan fingerprint density at radius 1 is 1.59 bits per heavy atom. The molecule has 0 atom stereocenters. The SMILES string of the molecule is COC(C)(C)c1ncc(CNC2CC2)c(=O)[nH]1. The Morgan fingerprint density at radius 3 is 2.82 bits per heavy atom. The largest absolute Gasteiger partial charge is 0.371 e. The molecular weight excluding hydrogens is 218 g/mol.